The van der Waals surface area contributed by atoms with Crippen LogP contribution < -0.4 is 5.30 Å². The summed E-state index contributed by atoms with van der Waals surface area (Å²) < 4.78 is 2.52. The molecule has 1 aromatic rings. The second-order valence-corrected chi connectivity index (χ2v) is 5.39. The molecule has 78 valence electrons. The lowest BCUT2D eigenvalue weighted by atomic mass is 10.3. The summed E-state index contributed by atoms with van der Waals surface area (Å²) >= 11 is 0. The summed E-state index contributed by atoms with van der Waals surface area (Å²) in [7, 11) is 0.790. The summed E-state index contributed by atoms with van der Waals surface area (Å²) in [6, 6.07) is 11.9. The summed E-state index contributed by atoms with van der Waals surface area (Å²) in [6.45, 7) is 9.04. The van der Waals surface area contributed by atoms with Crippen LogP contribution in [0.25, 0.3) is 0 Å². The van der Waals surface area contributed by atoms with Crippen LogP contribution in [0, 0.1) is 0 Å². The molecule has 0 bridgehead atoms. The van der Waals surface area contributed by atoms with Crippen molar-refractivity contribution in [3.8, 4) is 0 Å². The minimum absolute atomic E-state index is 0.619. The second kappa shape index (κ2) is 5.48. The van der Waals surface area contributed by atoms with Gasteiger partial charge in [-0.1, -0.05) is 30.3 Å². The maximum atomic E-state index is 2.52. The zero-order valence-corrected chi connectivity index (χ0v) is 10.5. The van der Waals surface area contributed by atoms with Crippen molar-refractivity contribution in [1.82, 2.24) is 4.67 Å². The Kier molecular flexibility index (Phi) is 4.57. The molecule has 0 spiro atoms. The number of hydrogen-bond acceptors (Lipinski definition) is 1. The molecule has 1 nitrogen and oxygen atoms in total. The maximum absolute atomic E-state index is 2.52. The molecule has 0 fully saturated rings. The van der Waals surface area contributed by atoms with Gasteiger partial charge in [0, 0.05) is 12.1 Å². The van der Waals surface area contributed by atoms with E-state index >= 15 is 0 Å². The fourth-order valence-electron chi connectivity index (χ4n) is 1.52. The van der Waals surface area contributed by atoms with Gasteiger partial charge in [-0.15, -0.1) is 0 Å². The van der Waals surface area contributed by atoms with Crippen molar-refractivity contribution in [2.45, 2.75) is 39.8 Å². The van der Waals surface area contributed by atoms with Crippen LogP contribution in [0.15, 0.2) is 30.3 Å². The molecule has 1 rings (SSSR count). The predicted molar refractivity (Wildman–Crippen MR) is 66.5 cm³/mol. The van der Waals surface area contributed by atoms with Crippen LogP contribution in [0.4, 0.5) is 0 Å². The van der Waals surface area contributed by atoms with E-state index in [9.17, 15) is 0 Å². The fourth-order valence-corrected chi connectivity index (χ4v) is 2.67. The molecule has 1 unspecified atom stereocenters. The highest BCUT2D eigenvalue weighted by atomic mass is 31.1. The molecule has 2 heteroatoms. The Hall–Kier alpha value is -0.390. The summed E-state index contributed by atoms with van der Waals surface area (Å²) in [6.07, 6.45) is 0. The molecule has 14 heavy (non-hydrogen) atoms. The van der Waals surface area contributed by atoms with Crippen LogP contribution in [0.1, 0.15) is 27.7 Å². The largest absolute Gasteiger partial charge is 0.276 e. The zero-order chi connectivity index (χ0) is 10.6. The third-order valence-electron chi connectivity index (χ3n) is 2.14. The van der Waals surface area contributed by atoms with Crippen LogP contribution in [-0.2, 0) is 0 Å². The first-order chi connectivity index (χ1) is 6.61. The normalized spacial score (nSPS) is 12.5. The van der Waals surface area contributed by atoms with Gasteiger partial charge in [-0.3, -0.25) is 4.67 Å². The lowest BCUT2D eigenvalue weighted by molar-refractivity contribution is 0.331. The Bertz CT molecular complexity index is 248. The molecule has 0 aromatic heterocycles. The van der Waals surface area contributed by atoms with E-state index in [2.05, 4.69) is 62.7 Å². The summed E-state index contributed by atoms with van der Waals surface area (Å²) in [5.74, 6) is 0. The van der Waals surface area contributed by atoms with Crippen molar-refractivity contribution in [3.05, 3.63) is 30.3 Å². The highest BCUT2D eigenvalue weighted by Gasteiger charge is 2.13. The quantitative estimate of drug-likeness (QED) is 0.689. The highest BCUT2D eigenvalue weighted by Crippen LogP contribution is 2.23. The molecule has 0 heterocycles. The fraction of sp³-hybridized carbons (Fsp3) is 0.500. The first kappa shape index (κ1) is 11.7. The third-order valence-corrected chi connectivity index (χ3v) is 4.03. The number of hydrogen-bond donors (Lipinski definition) is 0. The Balaban J connectivity index is 2.65. The van der Waals surface area contributed by atoms with Gasteiger partial charge < -0.3 is 0 Å². The number of nitrogens with zero attached hydrogens (tertiary/aromatic N) is 1. The molecule has 0 radical (unpaired) electrons. The molecule has 0 N–H and O–H groups in total. The van der Waals surface area contributed by atoms with Crippen molar-refractivity contribution >= 4 is 14.0 Å². The van der Waals surface area contributed by atoms with E-state index in [1.165, 1.54) is 5.30 Å². The van der Waals surface area contributed by atoms with E-state index in [0.717, 1.165) is 8.73 Å². The Labute approximate surface area is 89.4 Å². The van der Waals surface area contributed by atoms with Crippen molar-refractivity contribution in [3.63, 3.8) is 0 Å². The number of benzene rings is 1. The van der Waals surface area contributed by atoms with Gasteiger partial charge in [0.1, 0.15) is 0 Å². The van der Waals surface area contributed by atoms with Gasteiger partial charge >= 0.3 is 0 Å². The van der Waals surface area contributed by atoms with Gasteiger partial charge in [0.25, 0.3) is 0 Å². The Morgan fingerprint density at radius 3 is 1.86 bits per heavy atom. The molecule has 0 aliphatic carbocycles. The minimum atomic E-state index is 0.619. The molecule has 1 aromatic carbocycles. The van der Waals surface area contributed by atoms with Crippen LogP contribution in [0.3, 0.4) is 0 Å². The molecule has 0 aliphatic rings. The van der Waals surface area contributed by atoms with Gasteiger partial charge in [-0.2, -0.15) is 0 Å². The van der Waals surface area contributed by atoms with Crippen LogP contribution >= 0.6 is 8.73 Å². The van der Waals surface area contributed by atoms with Gasteiger partial charge in [0.2, 0.25) is 0 Å². The van der Waals surface area contributed by atoms with E-state index in [0.29, 0.717) is 12.1 Å². The van der Waals surface area contributed by atoms with Gasteiger partial charge in [-0.25, -0.2) is 0 Å². The first-order valence-electron chi connectivity index (χ1n) is 5.21. The predicted octanol–water partition coefficient (Wildman–Crippen LogP) is 3.02. The summed E-state index contributed by atoms with van der Waals surface area (Å²) in [5.41, 5.74) is 0. The van der Waals surface area contributed by atoms with Gasteiger partial charge in [0.15, 0.2) is 0 Å². The average molecular weight is 209 g/mol. The van der Waals surface area contributed by atoms with E-state index in [1.54, 1.807) is 0 Å². The third kappa shape index (κ3) is 3.40. The van der Waals surface area contributed by atoms with E-state index in [-0.39, 0.29) is 0 Å². The van der Waals surface area contributed by atoms with Crippen LogP contribution in [-0.4, -0.2) is 16.8 Å². The zero-order valence-electron chi connectivity index (χ0n) is 9.49. The topological polar surface area (TPSA) is 3.24 Å². The van der Waals surface area contributed by atoms with Crippen molar-refractivity contribution in [2.75, 3.05) is 0 Å². The standard InChI is InChI=1S/C12H20NP/c1-10(2)13(11(3)4)14-12-8-6-5-7-9-12/h5-11,14H,1-4H3. The monoisotopic (exact) mass is 209 g/mol. The van der Waals surface area contributed by atoms with E-state index < -0.39 is 0 Å². The van der Waals surface area contributed by atoms with Gasteiger partial charge in [-0.05, 0) is 41.7 Å². The minimum Gasteiger partial charge on any atom is -0.276 e. The van der Waals surface area contributed by atoms with Crippen molar-refractivity contribution in [1.29, 1.82) is 0 Å². The van der Waals surface area contributed by atoms with Crippen molar-refractivity contribution < 1.29 is 0 Å². The molecule has 1 atom stereocenters. The maximum Gasteiger partial charge on any atom is 0.00809 e. The SMILES string of the molecule is CC(C)N(Pc1ccccc1)C(C)C. The number of rotatable bonds is 4. The molecule has 0 aliphatic heterocycles. The molecule has 0 amide bonds. The van der Waals surface area contributed by atoms with Crippen molar-refractivity contribution in [2.24, 2.45) is 0 Å². The van der Waals surface area contributed by atoms with Gasteiger partial charge in [0.05, 0.1) is 0 Å². The summed E-state index contributed by atoms with van der Waals surface area (Å²) in [4.78, 5) is 0. The van der Waals surface area contributed by atoms with Crippen LogP contribution in [0.2, 0.25) is 0 Å². The van der Waals surface area contributed by atoms with E-state index in [1.807, 2.05) is 0 Å². The molecule has 0 saturated carbocycles. The van der Waals surface area contributed by atoms with E-state index in [4.69, 9.17) is 0 Å². The Morgan fingerprint density at radius 1 is 0.929 bits per heavy atom. The lowest BCUT2D eigenvalue weighted by Gasteiger charge is -2.30. The molecular weight excluding hydrogens is 189 g/mol. The van der Waals surface area contributed by atoms with Crippen LogP contribution in [0.5, 0.6) is 0 Å². The average Bonchev–Trinajstić information content (AvgIpc) is 2.15. The smallest absolute Gasteiger partial charge is 0.00809 e. The first-order valence-corrected chi connectivity index (χ1v) is 6.16. The second-order valence-electron chi connectivity index (χ2n) is 4.07. The highest BCUT2D eigenvalue weighted by molar-refractivity contribution is 7.44. The lowest BCUT2D eigenvalue weighted by Crippen LogP contribution is -2.31. The molecule has 0 saturated heterocycles. The summed E-state index contributed by atoms with van der Waals surface area (Å²) in [5, 5.41) is 1.43. The molecular formula is C12H20NP. The Morgan fingerprint density at radius 2 is 1.43 bits per heavy atom.